The van der Waals surface area contributed by atoms with Gasteiger partial charge >= 0.3 is 0 Å². The monoisotopic (exact) mass is 164 g/mol. The van der Waals surface area contributed by atoms with E-state index in [-0.39, 0.29) is 5.56 Å². The van der Waals surface area contributed by atoms with E-state index in [0.29, 0.717) is 0 Å². The average Bonchev–Trinajstić information content (AvgIpc) is 2.05. The summed E-state index contributed by atoms with van der Waals surface area (Å²) in [5.41, 5.74) is 7.29. The van der Waals surface area contributed by atoms with Crippen LogP contribution < -0.4 is 5.43 Å². The molecule has 1 aromatic rings. The topological polar surface area (TPSA) is 98.7 Å². The van der Waals surface area contributed by atoms with Crippen LogP contribution in [0.5, 0.6) is 0 Å². The van der Waals surface area contributed by atoms with E-state index in [1.165, 1.54) is 18.5 Å². The maximum absolute atomic E-state index is 10.9. The molecule has 0 unspecified atom stereocenters. The Balaban J connectivity index is 3.20. The van der Waals surface area contributed by atoms with Crippen LogP contribution in [0.1, 0.15) is 10.4 Å². The van der Waals surface area contributed by atoms with Crippen LogP contribution in [0.25, 0.3) is 10.4 Å². The Kier molecular flexibility index (Phi) is 2.25. The second-order valence-electron chi connectivity index (χ2n) is 1.92. The van der Waals surface area contributed by atoms with Crippen molar-refractivity contribution >= 4 is 5.91 Å². The highest BCUT2D eigenvalue weighted by Gasteiger charge is 2.05. The number of hydrogen-bond acceptors (Lipinski definition) is 2. The van der Waals surface area contributed by atoms with E-state index in [2.05, 4.69) is 15.0 Å². The summed E-state index contributed by atoms with van der Waals surface area (Å²) >= 11 is 0. The van der Waals surface area contributed by atoms with Gasteiger partial charge < -0.3 is 4.98 Å². The predicted octanol–water partition coefficient (Wildman–Crippen LogP) is 0.825. The van der Waals surface area contributed by atoms with E-state index in [9.17, 15) is 9.59 Å². The second kappa shape index (κ2) is 3.36. The number of carbonyl (C=O) groups excluding carboxylic acids is 1. The first-order chi connectivity index (χ1) is 5.75. The van der Waals surface area contributed by atoms with Crippen LogP contribution in [0.4, 0.5) is 0 Å². The highest BCUT2D eigenvalue weighted by Crippen LogP contribution is 1.91. The number of H-pyrrole nitrogens is 1. The molecule has 0 aliphatic rings. The zero-order valence-corrected chi connectivity index (χ0v) is 5.89. The molecule has 1 heterocycles. The van der Waals surface area contributed by atoms with E-state index in [4.69, 9.17) is 5.53 Å². The molecular weight excluding hydrogens is 160 g/mol. The standard InChI is InChI=1S/C6H4N4O2/c7-10-9-6(12)4-3-8-2-1-5(4)11/h1-3H,(H,8,11). The fourth-order valence-electron chi connectivity index (χ4n) is 0.678. The van der Waals surface area contributed by atoms with Crippen molar-refractivity contribution in [1.29, 1.82) is 0 Å². The fraction of sp³-hybridized carbons (Fsp3) is 0. The molecule has 12 heavy (non-hydrogen) atoms. The van der Waals surface area contributed by atoms with E-state index in [1.54, 1.807) is 0 Å². The van der Waals surface area contributed by atoms with Gasteiger partial charge in [-0.05, 0) is 10.6 Å². The third-order valence-corrected chi connectivity index (χ3v) is 1.19. The molecule has 0 spiro atoms. The molecule has 1 rings (SSSR count). The summed E-state index contributed by atoms with van der Waals surface area (Å²) in [4.78, 5) is 26.5. The van der Waals surface area contributed by atoms with Gasteiger partial charge in [-0.2, -0.15) is 0 Å². The number of azide groups is 1. The summed E-state index contributed by atoms with van der Waals surface area (Å²) in [5.74, 6) is -0.876. The van der Waals surface area contributed by atoms with Crippen molar-refractivity contribution in [2.75, 3.05) is 0 Å². The number of nitrogens with one attached hydrogen (secondary N) is 1. The molecule has 0 fully saturated rings. The lowest BCUT2D eigenvalue weighted by molar-refractivity contribution is 0.0999. The number of hydrogen-bond donors (Lipinski definition) is 1. The maximum Gasteiger partial charge on any atom is 0.254 e. The van der Waals surface area contributed by atoms with E-state index in [0.717, 1.165) is 0 Å². The molecule has 1 aromatic heterocycles. The van der Waals surface area contributed by atoms with E-state index in [1.807, 2.05) is 0 Å². The summed E-state index contributed by atoms with van der Waals surface area (Å²) in [7, 11) is 0. The largest absolute Gasteiger partial charge is 0.367 e. The van der Waals surface area contributed by atoms with Gasteiger partial charge in [0.15, 0.2) is 5.43 Å². The highest BCUT2D eigenvalue weighted by atomic mass is 16.2. The zero-order valence-electron chi connectivity index (χ0n) is 5.89. The highest BCUT2D eigenvalue weighted by molar-refractivity contribution is 5.94. The first kappa shape index (κ1) is 8.03. The Morgan fingerprint density at radius 1 is 1.67 bits per heavy atom. The minimum atomic E-state index is -0.876. The van der Waals surface area contributed by atoms with Crippen LogP contribution in [0.3, 0.4) is 0 Å². The van der Waals surface area contributed by atoms with Crippen molar-refractivity contribution in [3.05, 3.63) is 44.7 Å². The van der Waals surface area contributed by atoms with Crippen molar-refractivity contribution in [2.45, 2.75) is 0 Å². The second-order valence-corrected chi connectivity index (χ2v) is 1.92. The van der Waals surface area contributed by atoms with Gasteiger partial charge in [0.1, 0.15) is 0 Å². The van der Waals surface area contributed by atoms with Crippen molar-refractivity contribution in [3.8, 4) is 0 Å². The van der Waals surface area contributed by atoms with Crippen molar-refractivity contribution in [2.24, 2.45) is 5.11 Å². The third-order valence-electron chi connectivity index (χ3n) is 1.19. The Morgan fingerprint density at radius 3 is 3.00 bits per heavy atom. The number of rotatable bonds is 1. The number of aromatic amines is 1. The molecule has 0 saturated heterocycles. The minimum absolute atomic E-state index is 0.157. The maximum atomic E-state index is 10.9. The molecule has 0 aromatic carbocycles. The van der Waals surface area contributed by atoms with E-state index >= 15 is 0 Å². The van der Waals surface area contributed by atoms with Crippen molar-refractivity contribution in [3.63, 3.8) is 0 Å². The summed E-state index contributed by atoms with van der Waals surface area (Å²) in [5, 5.41) is 2.78. The first-order valence-corrected chi connectivity index (χ1v) is 3.02. The molecule has 0 radical (unpaired) electrons. The molecule has 0 saturated carbocycles. The van der Waals surface area contributed by atoms with Crippen LogP contribution in [-0.2, 0) is 0 Å². The zero-order chi connectivity index (χ0) is 8.97. The Labute approximate surface area is 66.5 Å². The Bertz CT molecular complexity index is 402. The van der Waals surface area contributed by atoms with Gasteiger partial charge in [-0.1, -0.05) is 0 Å². The van der Waals surface area contributed by atoms with Gasteiger partial charge in [0.2, 0.25) is 0 Å². The molecule has 6 nitrogen and oxygen atoms in total. The van der Waals surface area contributed by atoms with Gasteiger partial charge in [0, 0.05) is 23.4 Å². The number of aromatic nitrogens is 1. The van der Waals surface area contributed by atoms with Gasteiger partial charge in [-0.25, -0.2) is 0 Å². The lowest BCUT2D eigenvalue weighted by Crippen LogP contribution is -2.11. The smallest absolute Gasteiger partial charge is 0.254 e. The van der Waals surface area contributed by atoms with Gasteiger partial charge in [0.25, 0.3) is 5.91 Å². The van der Waals surface area contributed by atoms with Crippen LogP contribution >= 0.6 is 0 Å². The molecule has 0 aliphatic carbocycles. The quantitative estimate of drug-likeness (QED) is 0.377. The van der Waals surface area contributed by atoms with Gasteiger partial charge in [-0.3, -0.25) is 9.59 Å². The third kappa shape index (κ3) is 1.50. The summed E-state index contributed by atoms with van der Waals surface area (Å²) in [6.45, 7) is 0. The first-order valence-electron chi connectivity index (χ1n) is 3.02. The van der Waals surface area contributed by atoms with Crippen LogP contribution in [-0.4, -0.2) is 10.9 Å². The molecule has 0 aliphatic heterocycles. The van der Waals surface area contributed by atoms with Crippen molar-refractivity contribution < 1.29 is 4.79 Å². The molecule has 60 valence electrons. The summed E-state index contributed by atoms with van der Waals surface area (Å²) in [6.07, 6.45) is 2.58. The predicted molar refractivity (Wildman–Crippen MR) is 40.5 cm³/mol. The summed E-state index contributed by atoms with van der Waals surface area (Å²) < 4.78 is 0. The number of nitrogens with zero attached hydrogens (tertiary/aromatic N) is 3. The van der Waals surface area contributed by atoms with Crippen LogP contribution in [0.2, 0.25) is 0 Å². The number of amides is 1. The fourth-order valence-corrected chi connectivity index (χ4v) is 0.678. The SMILES string of the molecule is [N-]=[N+]=NC(=O)c1c[nH]ccc1=O. The lowest BCUT2D eigenvalue weighted by atomic mass is 10.3. The average molecular weight is 164 g/mol. The molecule has 1 amide bonds. The lowest BCUT2D eigenvalue weighted by Gasteiger charge is -1.89. The van der Waals surface area contributed by atoms with Gasteiger partial charge in [-0.15, -0.1) is 0 Å². The Morgan fingerprint density at radius 2 is 2.42 bits per heavy atom. The molecule has 0 bridgehead atoms. The normalized spacial score (nSPS) is 8.67. The van der Waals surface area contributed by atoms with E-state index < -0.39 is 11.3 Å². The van der Waals surface area contributed by atoms with Crippen LogP contribution in [0, 0.1) is 0 Å². The van der Waals surface area contributed by atoms with Gasteiger partial charge in [0.05, 0.1) is 5.56 Å². The molecule has 6 heteroatoms. The molecular formula is C6H4N4O2. The van der Waals surface area contributed by atoms with Crippen molar-refractivity contribution in [1.82, 2.24) is 4.98 Å². The summed E-state index contributed by atoms with van der Waals surface area (Å²) in [6, 6.07) is 1.18. The number of pyridine rings is 1. The minimum Gasteiger partial charge on any atom is -0.367 e. The molecule has 0 atom stereocenters. The Hall–Kier alpha value is -2.07. The number of carbonyl (C=O) groups is 1. The molecule has 1 N–H and O–H groups in total. The van der Waals surface area contributed by atoms with Crippen LogP contribution in [0.15, 0.2) is 28.4 Å².